The van der Waals surface area contributed by atoms with E-state index in [1.165, 1.54) is 4.90 Å². The van der Waals surface area contributed by atoms with Gasteiger partial charge in [0.2, 0.25) is 35.4 Å². The molecule has 16 heteroatoms. The molecule has 5 atom stereocenters. The smallest absolute Gasteiger partial charge is 0.248 e. The zero-order valence-corrected chi connectivity index (χ0v) is 32.6. The van der Waals surface area contributed by atoms with E-state index in [1.807, 2.05) is 66.7 Å². The van der Waals surface area contributed by atoms with Gasteiger partial charge in [0, 0.05) is 36.5 Å². The van der Waals surface area contributed by atoms with Crippen LogP contribution in [0.25, 0.3) is 10.9 Å². The number of nitrogens with one attached hydrogen (secondary N) is 5. The second kappa shape index (κ2) is 20.3. The average Bonchev–Trinajstić information content (AvgIpc) is 3.90. The maximum Gasteiger partial charge on any atom is 0.248 e. The van der Waals surface area contributed by atoms with E-state index < -0.39 is 72.2 Å². The lowest BCUT2D eigenvalue weighted by molar-refractivity contribution is -0.143. The number of H-pyrrole nitrogens is 1. The molecule has 3 aliphatic rings. The van der Waals surface area contributed by atoms with Crippen LogP contribution in [0.1, 0.15) is 29.5 Å². The van der Waals surface area contributed by atoms with E-state index in [2.05, 4.69) is 26.3 Å². The summed E-state index contributed by atoms with van der Waals surface area (Å²) in [7, 11) is 0. The number of carbonyl (C=O) groups is 6. The van der Waals surface area contributed by atoms with Gasteiger partial charge in [0.15, 0.2) is 0 Å². The molecule has 16 nitrogen and oxygen atoms in total. The number of aromatic nitrogens is 1. The Morgan fingerprint density at radius 3 is 2.42 bits per heavy atom. The van der Waals surface area contributed by atoms with Gasteiger partial charge in [-0.2, -0.15) is 0 Å². The van der Waals surface area contributed by atoms with Crippen LogP contribution in [0.3, 0.4) is 0 Å². The first kappa shape index (κ1) is 42.1. The first-order valence-corrected chi connectivity index (χ1v) is 19.6. The highest BCUT2D eigenvalue weighted by Crippen LogP contribution is 2.22. The van der Waals surface area contributed by atoms with Gasteiger partial charge in [0.1, 0.15) is 36.5 Å². The summed E-state index contributed by atoms with van der Waals surface area (Å²) in [5, 5.41) is 11.7. The molecule has 0 unspecified atom stereocenters. The second-order valence-corrected chi connectivity index (χ2v) is 14.6. The van der Waals surface area contributed by atoms with Crippen molar-refractivity contribution in [3.63, 3.8) is 0 Å². The fraction of sp³-hybridized carbons (Fsp3) is 0.349. The number of benzene rings is 3. The van der Waals surface area contributed by atoms with Crippen molar-refractivity contribution in [3.8, 4) is 5.75 Å². The summed E-state index contributed by atoms with van der Waals surface area (Å²) in [5.41, 5.74) is 14.8. The number of carbonyl (C=O) groups excluding carboxylic acids is 6. The predicted molar refractivity (Wildman–Crippen MR) is 218 cm³/mol. The van der Waals surface area contributed by atoms with Crippen molar-refractivity contribution in [1.82, 2.24) is 31.2 Å². The average molecular weight is 807 g/mol. The molecule has 9 N–H and O–H groups in total. The normalized spacial score (nSPS) is 21.5. The Kier molecular flexibility index (Phi) is 14.5. The van der Waals surface area contributed by atoms with Crippen LogP contribution in [0.2, 0.25) is 0 Å². The Balaban J connectivity index is 1.22. The van der Waals surface area contributed by atoms with Crippen LogP contribution >= 0.6 is 0 Å². The molecule has 0 spiro atoms. The molecule has 1 fully saturated rings. The van der Waals surface area contributed by atoms with Crippen molar-refractivity contribution in [2.24, 2.45) is 11.5 Å². The largest absolute Gasteiger partial charge is 0.490 e. The molecule has 3 aromatic carbocycles. The van der Waals surface area contributed by atoms with Crippen molar-refractivity contribution in [2.45, 2.75) is 62.3 Å². The summed E-state index contributed by atoms with van der Waals surface area (Å²) in [4.78, 5) is 85.5. The number of amides is 6. The van der Waals surface area contributed by atoms with Gasteiger partial charge >= 0.3 is 0 Å². The minimum absolute atomic E-state index is 0.0794. The maximum absolute atomic E-state index is 14.4. The quantitative estimate of drug-likeness (QED) is 0.0873. The summed E-state index contributed by atoms with van der Waals surface area (Å²) in [6.45, 7) is -0.161. The predicted octanol–water partition coefficient (Wildman–Crippen LogP) is 0.535. The molecule has 1 saturated heterocycles. The van der Waals surface area contributed by atoms with Crippen LogP contribution in [-0.4, -0.2) is 108 Å². The monoisotopic (exact) mass is 806 g/mol. The number of likely N-dealkylation sites (tertiary alicyclic amines) is 1. The minimum atomic E-state index is -1.26. The molecule has 2 bridgehead atoms. The van der Waals surface area contributed by atoms with Crippen molar-refractivity contribution >= 4 is 46.3 Å². The van der Waals surface area contributed by atoms with Crippen molar-refractivity contribution in [3.05, 3.63) is 114 Å². The zero-order valence-electron chi connectivity index (χ0n) is 32.6. The number of hydrogen-bond acceptors (Lipinski definition) is 9. The number of aromatic amines is 1. The fourth-order valence-electron chi connectivity index (χ4n) is 7.19. The topological polar surface area (TPSA) is 240 Å². The van der Waals surface area contributed by atoms with Gasteiger partial charge < -0.3 is 52.1 Å². The lowest BCUT2D eigenvalue weighted by atomic mass is 10.0. The standard InChI is InChI=1S/C43H50N8O8/c44-32-21-28-14-16-30(17-15-28)59-20-7-6-19-58-26-36(50-41(55)34(48-39(32)53)22-27-9-2-1-3-10-27)43(57)51-18-8-13-37(51)42(56)49-35(40(54)47-25-38(45)52)23-29-24-46-33-12-5-4-11-31(29)33/h1-7,9-12,14-17,24,32,34-37,46H,8,13,18-23,25-26,44H2,(H2,45,52)(H,47,54)(H,48,53)(H,49,56)(H,50,55)/b7-6-/t32-,34-,35-,36-,37-/m0/s1. The van der Waals surface area contributed by atoms with Crippen LogP contribution in [-0.2, 0) is 52.8 Å². The van der Waals surface area contributed by atoms with Crippen molar-refractivity contribution in [1.29, 1.82) is 0 Å². The lowest BCUT2D eigenvalue weighted by Crippen LogP contribution is -2.60. The molecule has 0 saturated carbocycles. The zero-order chi connectivity index (χ0) is 41.7. The molecule has 7 rings (SSSR count). The molecule has 310 valence electrons. The molecule has 3 aliphatic heterocycles. The van der Waals surface area contributed by atoms with Gasteiger partial charge in [0.25, 0.3) is 0 Å². The van der Waals surface area contributed by atoms with Gasteiger partial charge in [-0.15, -0.1) is 0 Å². The minimum Gasteiger partial charge on any atom is -0.490 e. The second-order valence-electron chi connectivity index (χ2n) is 14.6. The number of primary amides is 1. The molecular weight excluding hydrogens is 757 g/mol. The molecule has 6 amide bonds. The Bertz CT molecular complexity index is 2140. The highest BCUT2D eigenvalue weighted by Gasteiger charge is 2.40. The molecule has 59 heavy (non-hydrogen) atoms. The van der Waals surface area contributed by atoms with E-state index in [1.54, 1.807) is 30.5 Å². The highest BCUT2D eigenvalue weighted by molar-refractivity contribution is 5.97. The van der Waals surface area contributed by atoms with Crippen molar-refractivity contribution < 1.29 is 38.2 Å². The Labute approximate surface area is 341 Å². The summed E-state index contributed by atoms with van der Waals surface area (Å²) in [6, 6.07) is 18.3. The van der Waals surface area contributed by atoms with Crippen LogP contribution in [0.4, 0.5) is 0 Å². The van der Waals surface area contributed by atoms with Gasteiger partial charge in [0.05, 0.1) is 25.8 Å². The third kappa shape index (κ3) is 11.5. The Morgan fingerprint density at radius 2 is 1.64 bits per heavy atom. The summed E-state index contributed by atoms with van der Waals surface area (Å²) < 4.78 is 11.7. The number of nitrogens with zero attached hydrogens (tertiary/aromatic N) is 1. The molecule has 0 aliphatic carbocycles. The van der Waals surface area contributed by atoms with Crippen LogP contribution in [0.5, 0.6) is 5.75 Å². The van der Waals surface area contributed by atoms with E-state index >= 15 is 0 Å². The maximum atomic E-state index is 14.4. The number of fused-ring (bicyclic) bond motifs is 16. The van der Waals surface area contributed by atoms with Gasteiger partial charge in [-0.1, -0.05) is 66.7 Å². The Morgan fingerprint density at radius 1 is 0.898 bits per heavy atom. The molecular formula is C43H50N8O8. The summed E-state index contributed by atoms with van der Waals surface area (Å²) in [6.07, 6.45) is 6.39. The first-order valence-electron chi connectivity index (χ1n) is 19.6. The number of ether oxygens (including phenoxy) is 2. The van der Waals surface area contributed by atoms with E-state index in [9.17, 15) is 28.8 Å². The summed E-state index contributed by atoms with van der Waals surface area (Å²) in [5.74, 6) is -3.12. The number of para-hydroxylation sites is 1. The highest BCUT2D eigenvalue weighted by atomic mass is 16.5. The van der Waals surface area contributed by atoms with Gasteiger partial charge in [-0.3, -0.25) is 28.8 Å². The SMILES string of the molecule is NC(=O)CNC(=O)[C@H](Cc1c[nH]c2ccccc12)NC(=O)[C@@H]1CCCN1C(=O)[C@@H]1COC/C=C\COc2ccc(cc2)C[C@H](N)C(=O)N[C@@H](Cc2ccccc2)C(=O)N1. The molecule has 4 heterocycles. The third-order valence-corrected chi connectivity index (χ3v) is 10.3. The van der Waals surface area contributed by atoms with Crippen LogP contribution < -0.4 is 37.5 Å². The summed E-state index contributed by atoms with van der Waals surface area (Å²) >= 11 is 0. The first-order chi connectivity index (χ1) is 28.5. The third-order valence-electron chi connectivity index (χ3n) is 10.3. The van der Waals surface area contributed by atoms with Crippen LogP contribution in [0, 0.1) is 0 Å². The van der Waals surface area contributed by atoms with Crippen LogP contribution in [0.15, 0.2) is 97.2 Å². The van der Waals surface area contributed by atoms with E-state index in [-0.39, 0.29) is 52.0 Å². The number of hydrogen-bond donors (Lipinski definition) is 7. The van der Waals surface area contributed by atoms with E-state index in [0.717, 1.165) is 27.6 Å². The van der Waals surface area contributed by atoms with E-state index in [4.69, 9.17) is 20.9 Å². The molecule has 4 aromatic rings. The number of nitrogens with two attached hydrogens (primary N) is 2. The molecule has 0 radical (unpaired) electrons. The Hall–Kier alpha value is -6.52. The van der Waals surface area contributed by atoms with Gasteiger partial charge in [-0.25, -0.2) is 0 Å². The van der Waals surface area contributed by atoms with Gasteiger partial charge in [-0.05, 0) is 60.2 Å². The lowest BCUT2D eigenvalue weighted by Gasteiger charge is -2.30. The van der Waals surface area contributed by atoms with Crippen molar-refractivity contribution in [2.75, 3.05) is 32.9 Å². The van der Waals surface area contributed by atoms with E-state index in [0.29, 0.717) is 12.2 Å². The molecule has 1 aromatic heterocycles. The number of rotatable bonds is 10. The fourth-order valence-corrected chi connectivity index (χ4v) is 7.19.